The number of sulfonamides is 1. The van der Waals surface area contributed by atoms with Gasteiger partial charge in [0.25, 0.3) is 10.0 Å². The fraction of sp³-hybridized carbons (Fsp3) is 0.375. The van der Waals surface area contributed by atoms with Crippen molar-refractivity contribution in [3.8, 4) is 5.75 Å². The first-order valence-electron chi connectivity index (χ1n) is 4.85. The lowest BCUT2D eigenvalue weighted by Gasteiger charge is -2.17. The summed E-state index contributed by atoms with van der Waals surface area (Å²) in [5.41, 5.74) is 1.89. The second-order valence-corrected chi connectivity index (χ2v) is 5.09. The molecule has 0 saturated carbocycles. The number of ether oxygens (including phenoxy) is 1. The van der Waals surface area contributed by atoms with E-state index in [-0.39, 0.29) is 6.07 Å². The molecule has 0 bridgehead atoms. The smallest absolute Gasteiger partial charge is 0.405 e. The summed E-state index contributed by atoms with van der Waals surface area (Å²) < 4.78 is 100. The van der Waals surface area contributed by atoms with Crippen molar-refractivity contribution in [1.29, 1.82) is 0 Å². The minimum Gasteiger partial charge on any atom is -0.405 e. The summed E-state index contributed by atoms with van der Waals surface area (Å²) in [6.45, 7) is -1.02. The van der Waals surface area contributed by atoms with E-state index in [4.69, 9.17) is 5.73 Å². The maximum absolute atomic E-state index is 12.7. The van der Waals surface area contributed by atoms with Gasteiger partial charge in [-0.15, -0.1) is 13.2 Å². The summed E-state index contributed by atoms with van der Waals surface area (Å²) in [6.07, 6.45) is -10.6. The van der Waals surface area contributed by atoms with E-state index in [0.29, 0.717) is 0 Å². The zero-order valence-corrected chi connectivity index (χ0v) is 10.6. The van der Waals surface area contributed by atoms with Crippen LogP contribution in [0.4, 0.5) is 26.3 Å². The molecule has 4 N–H and O–H groups in total. The van der Waals surface area contributed by atoms with Crippen LogP contribution < -0.4 is 15.6 Å². The predicted octanol–water partition coefficient (Wildman–Crippen LogP) is 1.11. The van der Waals surface area contributed by atoms with E-state index in [0.717, 1.165) is 0 Å². The quantitative estimate of drug-likeness (QED) is 0.802. The molecule has 13 heteroatoms. The Morgan fingerprint density at radius 3 is 2.05 bits per heavy atom. The van der Waals surface area contributed by atoms with Crippen molar-refractivity contribution in [3.05, 3.63) is 17.3 Å². The molecule has 0 spiro atoms. The Morgan fingerprint density at radius 1 is 1.19 bits per heavy atom. The van der Waals surface area contributed by atoms with E-state index >= 15 is 0 Å². The number of pyridine rings is 1. The molecule has 1 aromatic heterocycles. The lowest BCUT2D eigenvalue weighted by atomic mass is 10.1. The van der Waals surface area contributed by atoms with Crippen molar-refractivity contribution in [1.82, 2.24) is 4.98 Å². The summed E-state index contributed by atoms with van der Waals surface area (Å²) in [5, 5.41) is 3.14. The number of alkyl halides is 6. The van der Waals surface area contributed by atoms with Gasteiger partial charge in [0.15, 0.2) is 10.7 Å². The molecule has 0 radical (unpaired) electrons. The van der Waals surface area contributed by atoms with Crippen molar-refractivity contribution in [2.75, 3.05) is 0 Å². The molecule has 0 amide bonds. The molecule has 120 valence electrons. The highest BCUT2D eigenvalue weighted by Gasteiger charge is 2.40. The van der Waals surface area contributed by atoms with Crippen LogP contribution in [0, 0.1) is 0 Å². The highest BCUT2D eigenvalue weighted by atomic mass is 32.2. The molecule has 0 unspecified atom stereocenters. The number of nitrogens with two attached hydrogens (primary N) is 2. The van der Waals surface area contributed by atoms with Crippen LogP contribution in [0.5, 0.6) is 5.75 Å². The second kappa shape index (κ2) is 5.31. The first kappa shape index (κ1) is 17.5. The van der Waals surface area contributed by atoms with Gasteiger partial charge in [-0.2, -0.15) is 13.2 Å². The maximum atomic E-state index is 12.7. The van der Waals surface area contributed by atoms with Crippen LogP contribution in [0.15, 0.2) is 11.1 Å². The van der Waals surface area contributed by atoms with E-state index in [1.165, 1.54) is 0 Å². The van der Waals surface area contributed by atoms with Crippen LogP contribution in [0.25, 0.3) is 0 Å². The van der Waals surface area contributed by atoms with Gasteiger partial charge in [0.1, 0.15) is 5.75 Å². The monoisotopic (exact) mass is 339 g/mol. The third kappa shape index (κ3) is 4.44. The molecule has 0 aromatic carbocycles. The first-order valence-corrected chi connectivity index (χ1v) is 6.40. The van der Waals surface area contributed by atoms with Gasteiger partial charge in [0.05, 0.1) is 0 Å². The van der Waals surface area contributed by atoms with Crippen LogP contribution in [-0.2, 0) is 22.7 Å². The molecule has 0 atom stereocenters. The summed E-state index contributed by atoms with van der Waals surface area (Å²) in [4.78, 5) is 2.71. The summed E-state index contributed by atoms with van der Waals surface area (Å²) in [5.74, 6) is -1.43. The summed E-state index contributed by atoms with van der Waals surface area (Å²) in [6, 6.07) is 0.125. The minimum absolute atomic E-state index is 0.125. The average molecular weight is 339 g/mol. The highest BCUT2D eigenvalue weighted by molar-refractivity contribution is 7.89. The Kier molecular flexibility index (Phi) is 4.41. The van der Waals surface area contributed by atoms with Crippen molar-refractivity contribution >= 4 is 10.0 Å². The average Bonchev–Trinajstić information content (AvgIpc) is 2.23. The van der Waals surface area contributed by atoms with E-state index in [9.17, 15) is 34.8 Å². The Balaban J connectivity index is 3.68. The fourth-order valence-electron chi connectivity index (χ4n) is 1.32. The fourth-order valence-corrected chi connectivity index (χ4v) is 1.81. The Bertz CT molecular complexity index is 640. The van der Waals surface area contributed by atoms with Crippen LogP contribution >= 0.6 is 0 Å². The predicted molar refractivity (Wildman–Crippen MR) is 55.2 cm³/mol. The molecule has 1 aromatic rings. The standard InChI is InChI=1S/C8H7F6N3O3S/c9-7(10,11)6-3(2-15)4(20-8(12,13)14)1-5(17-6)21(16,18)19/h1H,2,15H2,(H2,16,18,19). The molecule has 6 nitrogen and oxygen atoms in total. The number of aromatic nitrogens is 1. The lowest BCUT2D eigenvalue weighted by molar-refractivity contribution is -0.275. The number of hydrogen-bond donors (Lipinski definition) is 2. The van der Waals surface area contributed by atoms with Gasteiger partial charge in [-0.3, -0.25) is 0 Å². The maximum Gasteiger partial charge on any atom is 0.573 e. The largest absolute Gasteiger partial charge is 0.573 e. The van der Waals surface area contributed by atoms with Crippen molar-refractivity contribution in [2.24, 2.45) is 10.9 Å². The normalized spacial score (nSPS) is 13.3. The van der Waals surface area contributed by atoms with Gasteiger partial charge >= 0.3 is 12.5 Å². The molecule has 0 aliphatic rings. The molecule has 1 heterocycles. The number of hydrogen-bond acceptors (Lipinski definition) is 5. The van der Waals surface area contributed by atoms with Gasteiger partial charge in [-0.1, -0.05) is 0 Å². The topological polar surface area (TPSA) is 108 Å². The van der Waals surface area contributed by atoms with Crippen LogP contribution in [-0.4, -0.2) is 19.8 Å². The number of nitrogens with zero attached hydrogens (tertiary/aromatic N) is 1. The van der Waals surface area contributed by atoms with Crippen molar-refractivity contribution in [3.63, 3.8) is 0 Å². The summed E-state index contributed by atoms with van der Waals surface area (Å²) in [7, 11) is -4.79. The van der Waals surface area contributed by atoms with Gasteiger partial charge in [0, 0.05) is 18.2 Å². The van der Waals surface area contributed by atoms with Crippen LogP contribution in [0.3, 0.4) is 0 Å². The third-order valence-electron chi connectivity index (χ3n) is 2.05. The highest BCUT2D eigenvalue weighted by Crippen LogP contribution is 2.37. The molecule has 21 heavy (non-hydrogen) atoms. The van der Waals surface area contributed by atoms with Crippen molar-refractivity contribution < 1.29 is 39.5 Å². The Labute approximate surface area is 113 Å². The van der Waals surface area contributed by atoms with E-state index in [1.54, 1.807) is 0 Å². The minimum atomic E-state index is -5.36. The van der Waals surface area contributed by atoms with Crippen molar-refractivity contribution in [2.45, 2.75) is 24.1 Å². The van der Waals surface area contributed by atoms with E-state index < -0.39 is 51.1 Å². The van der Waals surface area contributed by atoms with Crippen LogP contribution in [0.2, 0.25) is 0 Å². The third-order valence-corrected chi connectivity index (χ3v) is 2.84. The van der Waals surface area contributed by atoms with Crippen LogP contribution in [0.1, 0.15) is 11.3 Å². The Hall–Kier alpha value is -1.60. The SMILES string of the molecule is NCc1c(OC(F)(F)F)cc(S(N)(=O)=O)nc1C(F)(F)F. The molecular formula is C8H7F6N3O3S. The molecule has 0 saturated heterocycles. The molecular weight excluding hydrogens is 332 g/mol. The molecule has 0 aliphatic carbocycles. The Morgan fingerprint density at radius 2 is 1.71 bits per heavy atom. The zero-order valence-electron chi connectivity index (χ0n) is 9.79. The van der Waals surface area contributed by atoms with Gasteiger partial charge < -0.3 is 10.5 Å². The first-order chi connectivity index (χ1) is 9.25. The molecule has 0 fully saturated rings. The second-order valence-electron chi connectivity index (χ2n) is 3.58. The molecule has 0 aliphatic heterocycles. The lowest BCUT2D eigenvalue weighted by Crippen LogP contribution is -2.24. The number of rotatable bonds is 3. The number of halogens is 6. The number of primary sulfonamides is 1. The van der Waals surface area contributed by atoms with Gasteiger partial charge in [-0.05, 0) is 0 Å². The van der Waals surface area contributed by atoms with Gasteiger partial charge in [0.2, 0.25) is 0 Å². The zero-order chi connectivity index (χ0) is 16.6. The van der Waals surface area contributed by atoms with E-state index in [2.05, 4.69) is 14.9 Å². The molecule has 1 rings (SSSR count). The van der Waals surface area contributed by atoms with E-state index in [1.807, 2.05) is 0 Å². The summed E-state index contributed by atoms with van der Waals surface area (Å²) >= 11 is 0. The van der Waals surface area contributed by atoms with Gasteiger partial charge in [-0.25, -0.2) is 18.5 Å².